The SMILES string of the molecule is C[C@@H](CC(=O)c1ccc(Cl)cc1)C(=O)O. The van der Waals surface area contributed by atoms with Crippen molar-refractivity contribution in [3.8, 4) is 0 Å². The van der Waals surface area contributed by atoms with Crippen molar-refractivity contribution in [1.29, 1.82) is 0 Å². The van der Waals surface area contributed by atoms with Crippen molar-refractivity contribution in [2.24, 2.45) is 5.92 Å². The zero-order valence-corrected chi connectivity index (χ0v) is 8.99. The van der Waals surface area contributed by atoms with Gasteiger partial charge in [-0.1, -0.05) is 18.5 Å². The van der Waals surface area contributed by atoms with Crippen molar-refractivity contribution in [2.75, 3.05) is 0 Å². The summed E-state index contributed by atoms with van der Waals surface area (Å²) in [6.07, 6.45) is 0.0109. The molecule has 0 amide bonds. The summed E-state index contributed by atoms with van der Waals surface area (Å²) in [5, 5.41) is 9.20. The maximum Gasteiger partial charge on any atom is 0.306 e. The second-order valence-corrected chi connectivity index (χ2v) is 3.81. The third kappa shape index (κ3) is 3.36. The van der Waals surface area contributed by atoms with Crippen LogP contribution in [-0.4, -0.2) is 16.9 Å². The van der Waals surface area contributed by atoms with Gasteiger partial charge in [-0.25, -0.2) is 0 Å². The first-order chi connectivity index (χ1) is 7.00. The number of carboxylic acids is 1. The molecule has 15 heavy (non-hydrogen) atoms. The van der Waals surface area contributed by atoms with Gasteiger partial charge in [0.2, 0.25) is 0 Å². The van der Waals surface area contributed by atoms with Crippen molar-refractivity contribution in [3.63, 3.8) is 0 Å². The standard InChI is InChI=1S/C11H11ClO3/c1-7(11(14)15)6-10(13)8-2-4-9(12)5-3-8/h2-5,7H,6H2,1H3,(H,14,15)/t7-/m0/s1. The van der Waals surface area contributed by atoms with Gasteiger partial charge in [0.15, 0.2) is 5.78 Å². The summed E-state index contributed by atoms with van der Waals surface area (Å²) in [4.78, 5) is 22.1. The highest BCUT2D eigenvalue weighted by Gasteiger charge is 2.16. The summed E-state index contributed by atoms with van der Waals surface area (Å²) in [5.41, 5.74) is 0.493. The number of carbonyl (C=O) groups is 2. The Morgan fingerprint density at radius 1 is 1.33 bits per heavy atom. The molecule has 0 saturated heterocycles. The van der Waals surface area contributed by atoms with Crippen molar-refractivity contribution < 1.29 is 14.7 Å². The number of Topliss-reactive ketones (excluding diaryl/α,β-unsaturated/α-hetero) is 1. The monoisotopic (exact) mass is 226 g/mol. The molecule has 0 aromatic heterocycles. The second-order valence-electron chi connectivity index (χ2n) is 3.37. The van der Waals surface area contributed by atoms with E-state index in [1.807, 2.05) is 0 Å². The number of ketones is 1. The minimum atomic E-state index is -0.961. The zero-order valence-electron chi connectivity index (χ0n) is 8.24. The fourth-order valence-corrected chi connectivity index (χ4v) is 1.25. The molecule has 0 aliphatic rings. The van der Waals surface area contributed by atoms with Gasteiger partial charge in [0, 0.05) is 17.0 Å². The van der Waals surface area contributed by atoms with E-state index in [0.717, 1.165) is 0 Å². The summed E-state index contributed by atoms with van der Waals surface area (Å²) < 4.78 is 0. The molecule has 1 aromatic rings. The van der Waals surface area contributed by atoms with Gasteiger partial charge in [0.05, 0.1) is 5.92 Å². The number of rotatable bonds is 4. The molecule has 3 nitrogen and oxygen atoms in total. The Labute approximate surface area is 92.7 Å². The summed E-state index contributed by atoms with van der Waals surface area (Å²) in [7, 11) is 0. The highest BCUT2D eigenvalue weighted by molar-refractivity contribution is 6.30. The molecule has 0 saturated carbocycles. The van der Waals surface area contributed by atoms with E-state index in [-0.39, 0.29) is 12.2 Å². The molecule has 0 unspecified atom stereocenters. The quantitative estimate of drug-likeness (QED) is 0.803. The van der Waals surface area contributed by atoms with Crippen molar-refractivity contribution in [3.05, 3.63) is 34.9 Å². The van der Waals surface area contributed by atoms with Crippen molar-refractivity contribution >= 4 is 23.4 Å². The molecule has 0 spiro atoms. The number of aliphatic carboxylic acids is 1. The van der Waals surface area contributed by atoms with Gasteiger partial charge in [-0.2, -0.15) is 0 Å². The smallest absolute Gasteiger partial charge is 0.306 e. The zero-order chi connectivity index (χ0) is 11.4. The maximum atomic E-state index is 11.6. The van der Waals surface area contributed by atoms with Crippen LogP contribution in [0.3, 0.4) is 0 Å². The van der Waals surface area contributed by atoms with E-state index >= 15 is 0 Å². The van der Waals surface area contributed by atoms with E-state index in [0.29, 0.717) is 10.6 Å². The van der Waals surface area contributed by atoms with Crippen LogP contribution in [0.2, 0.25) is 5.02 Å². The van der Waals surface area contributed by atoms with Crippen LogP contribution >= 0.6 is 11.6 Å². The molecule has 1 N–H and O–H groups in total. The number of benzene rings is 1. The lowest BCUT2D eigenvalue weighted by atomic mass is 10.00. The molecule has 1 aromatic carbocycles. The van der Waals surface area contributed by atoms with Crippen molar-refractivity contribution in [1.82, 2.24) is 0 Å². The van der Waals surface area contributed by atoms with Crippen LogP contribution in [0, 0.1) is 5.92 Å². The lowest BCUT2D eigenvalue weighted by Crippen LogP contribution is -2.14. The van der Waals surface area contributed by atoms with Crippen LogP contribution in [0.4, 0.5) is 0 Å². The first-order valence-electron chi connectivity index (χ1n) is 4.52. The second kappa shape index (κ2) is 4.94. The molecule has 1 atom stereocenters. The molecule has 80 valence electrons. The molecule has 0 fully saturated rings. The third-order valence-corrected chi connectivity index (χ3v) is 2.33. The Morgan fingerprint density at radius 2 is 1.87 bits per heavy atom. The first-order valence-corrected chi connectivity index (χ1v) is 4.90. The fraction of sp³-hybridized carbons (Fsp3) is 0.273. The minimum Gasteiger partial charge on any atom is -0.481 e. The first kappa shape index (κ1) is 11.7. The van der Waals surface area contributed by atoms with E-state index in [1.54, 1.807) is 24.3 Å². The van der Waals surface area contributed by atoms with Crippen LogP contribution in [0.1, 0.15) is 23.7 Å². The highest BCUT2D eigenvalue weighted by Crippen LogP contribution is 2.13. The largest absolute Gasteiger partial charge is 0.481 e. The molecule has 0 bridgehead atoms. The van der Waals surface area contributed by atoms with Gasteiger partial charge in [-0.15, -0.1) is 0 Å². The van der Waals surface area contributed by atoms with Crippen LogP contribution < -0.4 is 0 Å². The lowest BCUT2D eigenvalue weighted by Gasteiger charge is -2.04. The molecule has 1 rings (SSSR count). The number of halogens is 1. The number of carboxylic acid groups (broad SMARTS) is 1. The maximum absolute atomic E-state index is 11.6. The Morgan fingerprint density at radius 3 is 2.33 bits per heavy atom. The molecule has 4 heteroatoms. The Balaban J connectivity index is 2.69. The summed E-state index contributed by atoms with van der Waals surface area (Å²) in [6, 6.07) is 6.42. The predicted octanol–water partition coefficient (Wildman–Crippen LogP) is 2.63. The van der Waals surface area contributed by atoms with Crippen LogP contribution in [-0.2, 0) is 4.79 Å². The van der Waals surface area contributed by atoms with Gasteiger partial charge in [0.1, 0.15) is 0 Å². The lowest BCUT2D eigenvalue weighted by molar-refractivity contribution is -0.141. The summed E-state index contributed by atoms with van der Waals surface area (Å²) in [6.45, 7) is 1.51. The van der Waals surface area contributed by atoms with E-state index in [1.165, 1.54) is 6.92 Å². The Hall–Kier alpha value is -1.35. The topological polar surface area (TPSA) is 54.4 Å². The van der Waals surface area contributed by atoms with E-state index < -0.39 is 11.9 Å². The van der Waals surface area contributed by atoms with Gasteiger partial charge in [0.25, 0.3) is 0 Å². The number of hydrogen-bond acceptors (Lipinski definition) is 2. The molecule has 0 radical (unpaired) electrons. The summed E-state index contributed by atoms with van der Waals surface area (Å²) >= 11 is 5.67. The molecular weight excluding hydrogens is 216 g/mol. The van der Waals surface area contributed by atoms with Gasteiger partial charge in [-0.05, 0) is 24.3 Å². The Kier molecular flexibility index (Phi) is 3.86. The highest BCUT2D eigenvalue weighted by atomic mass is 35.5. The van der Waals surface area contributed by atoms with Gasteiger partial charge >= 0.3 is 5.97 Å². The summed E-state index contributed by atoms with van der Waals surface area (Å²) in [5.74, 6) is -1.80. The van der Waals surface area contributed by atoms with Crippen LogP contribution in [0.25, 0.3) is 0 Å². The molecular formula is C11H11ClO3. The average molecular weight is 227 g/mol. The number of carbonyl (C=O) groups excluding carboxylic acids is 1. The molecule has 0 heterocycles. The van der Waals surface area contributed by atoms with Crippen LogP contribution in [0.15, 0.2) is 24.3 Å². The molecule has 0 aliphatic heterocycles. The van der Waals surface area contributed by atoms with Gasteiger partial charge < -0.3 is 5.11 Å². The number of hydrogen-bond donors (Lipinski definition) is 1. The average Bonchev–Trinajstić information content (AvgIpc) is 2.18. The fourth-order valence-electron chi connectivity index (χ4n) is 1.12. The van der Waals surface area contributed by atoms with E-state index in [9.17, 15) is 9.59 Å². The van der Waals surface area contributed by atoms with Crippen molar-refractivity contribution in [2.45, 2.75) is 13.3 Å². The Bertz CT molecular complexity index is 370. The molecule has 0 aliphatic carbocycles. The van der Waals surface area contributed by atoms with Crippen LogP contribution in [0.5, 0.6) is 0 Å². The van der Waals surface area contributed by atoms with E-state index in [2.05, 4.69) is 0 Å². The third-order valence-electron chi connectivity index (χ3n) is 2.08. The van der Waals surface area contributed by atoms with Gasteiger partial charge in [-0.3, -0.25) is 9.59 Å². The normalized spacial score (nSPS) is 12.1. The minimum absolute atomic E-state index is 0.0109. The van der Waals surface area contributed by atoms with E-state index in [4.69, 9.17) is 16.7 Å². The predicted molar refractivity (Wildman–Crippen MR) is 57.2 cm³/mol.